The summed E-state index contributed by atoms with van der Waals surface area (Å²) in [7, 11) is 1.38. The molecule has 1 aromatic heterocycles. The minimum absolute atomic E-state index is 0.247. The van der Waals surface area contributed by atoms with Crippen LogP contribution in [0, 0.1) is 0 Å². The van der Waals surface area contributed by atoms with Crippen LogP contribution in [-0.2, 0) is 16.0 Å². The van der Waals surface area contributed by atoms with Crippen molar-refractivity contribution in [2.45, 2.75) is 25.8 Å². The van der Waals surface area contributed by atoms with E-state index >= 15 is 0 Å². The number of hydrogen-bond donors (Lipinski definition) is 1. The Bertz CT molecular complexity index is 287. The molecular formula is C9H15N3O3. The maximum absolute atomic E-state index is 11.2. The molecule has 6 heteroatoms. The van der Waals surface area contributed by atoms with Crippen LogP contribution in [0.25, 0.3) is 0 Å². The summed E-state index contributed by atoms with van der Waals surface area (Å²) in [6, 6.07) is -0.266. The van der Waals surface area contributed by atoms with E-state index in [-0.39, 0.29) is 12.0 Å². The second-order valence-electron chi connectivity index (χ2n) is 3.02. The van der Waals surface area contributed by atoms with Crippen LogP contribution in [0.1, 0.15) is 19.2 Å². The molecule has 0 amide bonds. The fraction of sp³-hybridized carbons (Fsp3) is 0.667. The minimum Gasteiger partial charge on any atom is -0.468 e. The first kappa shape index (κ1) is 11.6. The van der Waals surface area contributed by atoms with E-state index in [0.29, 0.717) is 25.3 Å². The van der Waals surface area contributed by atoms with Crippen molar-refractivity contribution in [1.29, 1.82) is 0 Å². The zero-order chi connectivity index (χ0) is 11.1. The maximum atomic E-state index is 11.2. The van der Waals surface area contributed by atoms with Gasteiger partial charge in [-0.1, -0.05) is 12.1 Å². The normalized spacial score (nSPS) is 12.4. The van der Waals surface area contributed by atoms with Gasteiger partial charge in [-0.25, -0.2) is 0 Å². The fourth-order valence-corrected chi connectivity index (χ4v) is 1.20. The number of rotatable bonds is 6. The van der Waals surface area contributed by atoms with Crippen LogP contribution in [0.15, 0.2) is 10.9 Å². The topological polar surface area (TPSA) is 77.3 Å². The van der Waals surface area contributed by atoms with Crippen molar-refractivity contribution in [3.8, 4) is 0 Å². The zero-order valence-electron chi connectivity index (χ0n) is 8.90. The van der Waals surface area contributed by atoms with Gasteiger partial charge in [-0.3, -0.25) is 4.79 Å². The van der Waals surface area contributed by atoms with Crippen LogP contribution >= 0.6 is 0 Å². The molecule has 1 aromatic rings. The number of aromatic nitrogens is 2. The Hall–Kier alpha value is -1.43. The van der Waals surface area contributed by atoms with Crippen molar-refractivity contribution in [3.63, 3.8) is 0 Å². The summed E-state index contributed by atoms with van der Waals surface area (Å²) >= 11 is 0. The van der Waals surface area contributed by atoms with Gasteiger partial charge in [0.25, 0.3) is 0 Å². The summed E-state index contributed by atoms with van der Waals surface area (Å²) in [5, 5.41) is 6.54. The van der Waals surface area contributed by atoms with Gasteiger partial charge in [0, 0.05) is 13.0 Å². The lowest BCUT2D eigenvalue weighted by Gasteiger charge is -2.13. The van der Waals surface area contributed by atoms with E-state index in [1.807, 2.05) is 6.92 Å². The third-order valence-electron chi connectivity index (χ3n) is 2.03. The van der Waals surface area contributed by atoms with E-state index in [2.05, 4.69) is 20.2 Å². The summed E-state index contributed by atoms with van der Waals surface area (Å²) < 4.78 is 9.46. The standard InChI is InChI=1S/C9H15N3O3/c1-3-7(9(13)14-2)10-5-4-8-11-6-12-15-8/h6-7,10H,3-5H2,1-2H3. The smallest absolute Gasteiger partial charge is 0.322 e. The van der Waals surface area contributed by atoms with Gasteiger partial charge < -0.3 is 14.6 Å². The van der Waals surface area contributed by atoms with Gasteiger partial charge in [0.15, 0.2) is 6.33 Å². The predicted octanol–water partition coefficient (Wildman–Crippen LogP) is 0.153. The molecule has 1 unspecified atom stereocenters. The second-order valence-corrected chi connectivity index (χ2v) is 3.02. The Morgan fingerprint density at radius 3 is 3.07 bits per heavy atom. The van der Waals surface area contributed by atoms with Crippen molar-refractivity contribution >= 4 is 5.97 Å². The molecule has 1 N–H and O–H groups in total. The Morgan fingerprint density at radius 2 is 2.53 bits per heavy atom. The molecule has 0 aliphatic heterocycles. The number of nitrogens with one attached hydrogen (secondary N) is 1. The second kappa shape index (κ2) is 6.13. The predicted molar refractivity (Wildman–Crippen MR) is 52.1 cm³/mol. The van der Waals surface area contributed by atoms with E-state index in [0.717, 1.165) is 0 Å². The average molecular weight is 213 g/mol. The highest BCUT2D eigenvalue weighted by atomic mass is 16.5. The van der Waals surface area contributed by atoms with Gasteiger partial charge in [0.05, 0.1) is 7.11 Å². The molecule has 84 valence electrons. The van der Waals surface area contributed by atoms with Gasteiger partial charge >= 0.3 is 5.97 Å². The number of esters is 1. The largest absolute Gasteiger partial charge is 0.468 e. The first-order valence-electron chi connectivity index (χ1n) is 4.84. The van der Waals surface area contributed by atoms with E-state index in [1.165, 1.54) is 13.4 Å². The van der Waals surface area contributed by atoms with Crippen LogP contribution in [-0.4, -0.2) is 35.8 Å². The molecule has 0 aliphatic carbocycles. The molecule has 0 saturated carbocycles. The van der Waals surface area contributed by atoms with Crippen LogP contribution in [0.5, 0.6) is 0 Å². The van der Waals surface area contributed by atoms with Crippen LogP contribution < -0.4 is 5.32 Å². The number of nitrogens with zero attached hydrogens (tertiary/aromatic N) is 2. The molecule has 0 bridgehead atoms. The summed E-state index contributed by atoms with van der Waals surface area (Å²) in [5.41, 5.74) is 0. The van der Waals surface area contributed by atoms with Crippen molar-refractivity contribution in [2.24, 2.45) is 0 Å². The first-order valence-corrected chi connectivity index (χ1v) is 4.84. The average Bonchev–Trinajstić information content (AvgIpc) is 2.76. The summed E-state index contributed by atoms with van der Waals surface area (Å²) in [5.74, 6) is 0.310. The molecule has 1 heterocycles. The third-order valence-corrected chi connectivity index (χ3v) is 2.03. The van der Waals surface area contributed by atoms with E-state index in [4.69, 9.17) is 4.52 Å². The highest BCUT2D eigenvalue weighted by molar-refractivity contribution is 5.75. The molecule has 6 nitrogen and oxygen atoms in total. The lowest BCUT2D eigenvalue weighted by atomic mass is 10.2. The Morgan fingerprint density at radius 1 is 1.73 bits per heavy atom. The number of carbonyl (C=O) groups excluding carboxylic acids is 1. The molecule has 1 rings (SSSR count). The van der Waals surface area contributed by atoms with Crippen LogP contribution in [0.2, 0.25) is 0 Å². The lowest BCUT2D eigenvalue weighted by Crippen LogP contribution is -2.38. The first-order chi connectivity index (χ1) is 7.27. The Balaban J connectivity index is 2.26. The Kier molecular flexibility index (Phi) is 4.76. The van der Waals surface area contributed by atoms with Crippen LogP contribution in [0.4, 0.5) is 0 Å². The maximum Gasteiger partial charge on any atom is 0.322 e. The van der Waals surface area contributed by atoms with Crippen molar-refractivity contribution in [2.75, 3.05) is 13.7 Å². The fourth-order valence-electron chi connectivity index (χ4n) is 1.20. The molecule has 1 atom stereocenters. The quantitative estimate of drug-likeness (QED) is 0.678. The molecule has 15 heavy (non-hydrogen) atoms. The lowest BCUT2D eigenvalue weighted by molar-refractivity contribution is -0.143. The van der Waals surface area contributed by atoms with Gasteiger partial charge in [-0.2, -0.15) is 4.98 Å². The summed E-state index contributed by atoms with van der Waals surface area (Å²) in [4.78, 5) is 15.1. The summed E-state index contributed by atoms with van der Waals surface area (Å²) in [6.45, 7) is 2.52. The zero-order valence-corrected chi connectivity index (χ0v) is 8.90. The molecule has 0 aliphatic rings. The van der Waals surface area contributed by atoms with Crippen molar-refractivity contribution < 1.29 is 14.1 Å². The van der Waals surface area contributed by atoms with Gasteiger partial charge in [0.2, 0.25) is 5.89 Å². The monoisotopic (exact) mass is 213 g/mol. The number of methoxy groups -OCH3 is 1. The van der Waals surface area contributed by atoms with E-state index < -0.39 is 0 Å². The number of ether oxygens (including phenoxy) is 1. The molecule has 0 saturated heterocycles. The molecule has 0 spiro atoms. The van der Waals surface area contributed by atoms with Gasteiger partial charge in [-0.05, 0) is 6.42 Å². The molecular weight excluding hydrogens is 198 g/mol. The number of hydrogen-bond acceptors (Lipinski definition) is 6. The van der Waals surface area contributed by atoms with Crippen molar-refractivity contribution in [3.05, 3.63) is 12.2 Å². The van der Waals surface area contributed by atoms with Gasteiger partial charge in [0.1, 0.15) is 6.04 Å². The highest BCUT2D eigenvalue weighted by Gasteiger charge is 2.15. The minimum atomic E-state index is -0.266. The van der Waals surface area contributed by atoms with E-state index in [9.17, 15) is 4.79 Å². The highest BCUT2D eigenvalue weighted by Crippen LogP contribution is 1.96. The molecule has 0 radical (unpaired) electrons. The Labute approximate surface area is 88.0 Å². The molecule has 0 aromatic carbocycles. The number of carbonyl (C=O) groups is 1. The van der Waals surface area contributed by atoms with Gasteiger partial charge in [-0.15, -0.1) is 0 Å². The summed E-state index contributed by atoms with van der Waals surface area (Å²) in [6.07, 6.45) is 2.65. The van der Waals surface area contributed by atoms with Crippen molar-refractivity contribution in [1.82, 2.24) is 15.5 Å². The molecule has 0 fully saturated rings. The van der Waals surface area contributed by atoms with E-state index in [1.54, 1.807) is 0 Å². The van der Waals surface area contributed by atoms with Crippen LogP contribution in [0.3, 0.4) is 0 Å². The SMILES string of the molecule is CCC(NCCc1ncno1)C(=O)OC. The third kappa shape index (κ3) is 3.67.